The molecule has 1 atom stereocenters. The van der Waals surface area contributed by atoms with E-state index in [1.54, 1.807) is 0 Å². The smallest absolute Gasteiger partial charge is 0.261 e. The molecule has 0 bridgehead atoms. The van der Waals surface area contributed by atoms with Crippen LogP contribution in [0.5, 0.6) is 5.88 Å². The van der Waals surface area contributed by atoms with Gasteiger partial charge in [0.05, 0.1) is 5.02 Å². The van der Waals surface area contributed by atoms with Gasteiger partial charge in [0.2, 0.25) is 5.88 Å². The van der Waals surface area contributed by atoms with E-state index in [9.17, 15) is 9.59 Å². The van der Waals surface area contributed by atoms with E-state index in [2.05, 4.69) is 10.3 Å². The Hall–Kier alpha value is -2.11. The molecular weight excluding hydrogens is 363 g/mol. The minimum absolute atomic E-state index is 0.168. The van der Waals surface area contributed by atoms with Crippen molar-refractivity contribution < 1.29 is 14.3 Å². The SMILES string of the molecule is CCC(Oc1ncc(Cl)cc1Cl)C(=O)NCc1cccc(CC=O)c1. The molecule has 1 aromatic heterocycles. The van der Waals surface area contributed by atoms with Crippen LogP contribution < -0.4 is 10.1 Å². The number of aromatic nitrogens is 1. The van der Waals surface area contributed by atoms with Crippen LogP contribution in [0.3, 0.4) is 0 Å². The van der Waals surface area contributed by atoms with E-state index in [0.29, 0.717) is 24.4 Å². The number of benzene rings is 1. The fraction of sp³-hybridized carbons (Fsp3) is 0.278. The van der Waals surface area contributed by atoms with Crippen LogP contribution in [-0.2, 0) is 22.6 Å². The molecule has 2 aromatic rings. The molecule has 1 aromatic carbocycles. The molecule has 5 nitrogen and oxygen atoms in total. The topological polar surface area (TPSA) is 68.3 Å². The lowest BCUT2D eigenvalue weighted by Gasteiger charge is -2.17. The largest absolute Gasteiger partial charge is 0.463 e. The number of pyridine rings is 1. The maximum Gasteiger partial charge on any atom is 0.261 e. The van der Waals surface area contributed by atoms with Crippen molar-refractivity contribution in [2.75, 3.05) is 0 Å². The number of nitrogens with zero attached hydrogens (tertiary/aromatic N) is 1. The Bertz CT molecular complexity index is 753. The monoisotopic (exact) mass is 380 g/mol. The fourth-order valence-corrected chi connectivity index (χ4v) is 2.64. The highest BCUT2D eigenvalue weighted by Crippen LogP contribution is 2.25. The molecule has 7 heteroatoms. The second kappa shape index (κ2) is 9.39. The molecular formula is C18H18Cl2N2O3. The van der Waals surface area contributed by atoms with Crippen molar-refractivity contribution in [2.45, 2.75) is 32.4 Å². The van der Waals surface area contributed by atoms with Gasteiger partial charge in [-0.25, -0.2) is 4.98 Å². The molecule has 0 saturated carbocycles. The predicted molar refractivity (Wildman–Crippen MR) is 97.0 cm³/mol. The molecule has 132 valence electrons. The Morgan fingerprint density at radius 3 is 2.76 bits per heavy atom. The van der Waals surface area contributed by atoms with Gasteiger partial charge in [-0.05, 0) is 23.6 Å². The average molecular weight is 381 g/mol. The van der Waals surface area contributed by atoms with E-state index in [0.717, 1.165) is 17.4 Å². The Kier molecular flexibility index (Phi) is 7.22. The van der Waals surface area contributed by atoms with Crippen LogP contribution in [0.2, 0.25) is 10.0 Å². The Labute approximate surface area is 156 Å². The highest BCUT2D eigenvalue weighted by molar-refractivity contribution is 6.35. The third-order valence-corrected chi connectivity index (χ3v) is 3.95. The predicted octanol–water partition coefficient (Wildman–Crippen LogP) is 3.60. The van der Waals surface area contributed by atoms with Crippen molar-refractivity contribution in [3.8, 4) is 5.88 Å². The lowest BCUT2D eigenvalue weighted by Crippen LogP contribution is -2.37. The van der Waals surface area contributed by atoms with Crippen molar-refractivity contribution in [2.24, 2.45) is 0 Å². The highest BCUT2D eigenvalue weighted by atomic mass is 35.5. The lowest BCUT2D eigenvalue weighted by atomic mass is 10.1. The first-order valence-electron chi connectivity index (χ1n) is 7.80. The number of nitrogens with one attached hydrogen (secondary N) is 1. The fourth-order valence-electron chi connectivity index (χ4n) is 2.21. The number of carbonyl (C=O) groups excluding carboxylic acids is 2. The zero-order valence-corrected chi connectivity index (χ0v) is 15.2. The first-order valence-corrected chi connectivity index (χ1v) is 8.56. The number of ether oxygens (including phenoxy) is 1. The summed E-state index contributed by atoms with van der Waals surface area (Å²) < 4.78 is 5.60. The molecule has 2 rings (SSSR count). The van der Waals surface area contributed by atoms with Crippen LogP contribution in [0.15, 0.2) is 36.5 Å². The summed E-state index contributed by atoms with van der Waals surface area (Å²) in [4.78, 5) is 26.9. The number of hydrogen-bond donors (Lipinski definition) is 1. The van der Waals surface area contributed by atoms with Gasteiger partial charge in [-0.1, -0.05) is 54.4 Å². The summed E-state index contributed by atoms with van der Waals surface area (Å²) in [6, 6.07) is 8.99. The maximum absolute atomic E-state index is 12.4. The summed E-state index contributed by atoms with van der Waals surface area (Å²) in [5.41, 5.74) is 1.81. The van der Waals surface area contributed by atoms with Crippen molar-refractivity contribution in [1.29, 1.82) is 0 Å². The molecule has 0 aliphatic heterocycles. The van der Waals surface area contributed by atoms with E-state index in [-0.39, 0.29) is 16.8 Å². The number of carbonyl (C=O) groups is 2. The molecule has 25 heavy (non-hydrogen) atoms. The highest BCUT2D eigenvalue weighted by Gasteiger charge is 2.20. The Morgan fingerprint density at radius 1 is 1.32 bits per heavy atom. The van der Waals surface area contributed by atoms with Crippen LogP contribution in [0.25, 0.3) is 0 Å². The van der Waals surface area contributed by atoms with Crippen LogP contribution in [0.1, 0.15) is 24.5 Å². The molecule has 0 radical (unpaired) electrons. The zero-order valence-electron chi connectivity index (χ0n) is 13.7. The van der Waals surface area contributed by atoms with Crippen molar-refractivity contribution >= 4 is 35.4 Å². The van der Waals surface area contributed by atoms with Crippen molar-refractivity contribution in [3.05, 3.63) is 57.7 Å². The molecule has 1 amide bonds. The van der Waals surface area contributed by atoms with E-state index < -0.39 is 6.10 Å². The molecule has 1 unspecified atom stereocenters. The molecule has 0 aliphatic carbocycles. The number of halogens is 2. The average Bonchev–Trinajstić information content (AvgIpc) is 2.60. The van der Waals surface area contributed by atoms with E-state index >= 15 is 0 Å². The second-order valence-electron chi connectivity index (χ2n) is 5.36. The zero-order chi connectivity index (χ0) is 18.2. The summed E-state index contributed by atoms with van der Waals surface area (Å²) in [5.74, 6) is -0.0999. The van der Waals surface area contributed by atoms with Crippen LogP contribution in [-0.4, -0.2) is 23.3 Å². The summed E-state index contributed by atoms with van der Waals surface area (Å²) >= 11 is 11.8. The van der Waals surface area contributed by atoms with Gasteiger partial charge < -0.3 is 14.8 Å². The molecule has 1 N–H and O–H groups in total. The van der Waals surface area contributed by atoms with Gasteiger partial charge in [-0.3, -0.25) is 4.79 Å². The Balaban J connectivity index is 1.97. The third-order valence-electron chi connectivity index (χ3n) is 3.47. The maximum atomic E-state index is 12.4. The molecule has 0 aliphatic rings. The van der Waals surface area contributed by atoms with Crippen LogP contribution in [0, 0.1) is 0 Å². The molecule has 0 saturated heterocycles. The summed E-state index contributed by atoms with van der Waals surface area (Å²) in [7, 11) is 0. The number of aldehydes is 1. The minimum Gasteiger partial charge on any atom is -0.463 e. The standard InChI is InChI=1S/C18H18Cl2N2O3/c1-2-16(25-18-15(20)9-14(19)11-22-18)17(24)21-10-13-5-3-4-12(8-13)6-7-23/h3-5,7-9,11,16H,2,6,10H2,1H3,(H,21,24). The summed E-state index contributed by atoms with van der Waals surface area (Å²) in [6.07, 6.45) is 2.35. The first-order chi connectivity index (χ1) is 12.0. The Morgan fingerprint density at radius 2 is 2.08 bits per heavy atom. The molecule has 0 fully saturated rings. The molecule has 1 heterocycles. The third kappa shape index (κ3) is 5.73. The van der Waals surface area contributed by atoms with Crippen LogP contribution in [0.4, 0.5) is 0 Å². The normalized spacial score (nSPS) is 11.6. The van der Waals surface area contributed by atoms with Gasteiger partial charge in [0.15, 0.2) is 6.10 Å². The minimum atomic E-state index is -0.718. The second-order valence-corrected chi connectivity index (χ2v) is 6.21. The number of hydrogen-bond acceptors (Lipinski definition) is 4. The van der Waals surface area contributed by atoms with E-state index in [4.69, 9.17) is 27.9 Å². The van der Waals surface area contributed by atoms with Gasteiger partial charge in [0.1, 0.15) is 11.3 Å². The van der Waals surface area contributed by atoms with Gasteiger partial charge in [-0.2, -0.15) is 0 Å². The lowest BCUT2D eigenvalue weighted by molar-refractivity contribution is -0.128. The molecule has 0 spiro atoms. The van der Waals surface area contributed by atoms with Gasteiger partial charge in [0, 0.05) is 19.2 Å². The van der Waals surface area contributed by atoms with Gasteiger partial charge >= 0.3 is 0 Å². The van der Waals surface area contributed by atoms with Gasteiger partial charge in [-0.15, -0.1) is 0 Å². The van der Waals surface area contributed by atoms with Crippen LogP contribution >= 0.6 is 23.2 Å². The van der Waals surface area contributed by atoms with E-state index in [1.165, 1.54) is 12.3 Å². The first kappa shape index (κ1) is 19.2. The number of amides is 1. The summed E-state index contributed by atoms with van der Waals surface area (Å²) in [6.45, 7) is 2.17. The van der Waals surface area contributed by atoms with Gasteiger partial charge in [0.25, 0.3) is 5.91 Å². The van der Waals surface area contributed by atoms with Crippen molar-refractivity contribution in [1.82, 2.24) is 10.3 Å². The van der Waals surface area contributed by atoms with E-state index in [1.807, 2.05) is 31.2 Å². The quantitative estimate of drug-likeness (QED) is 0.710. The van der Waals surface area contributed by atoms with Crippen molar-refractivity contribution in [3.63, 3.8) is 0 Å². The number of rotatable bonds is 8. The summed E-state index contributed by atoms with van der Waals surface area (Å²) in [5, 5.41) is 3.47.